The highest BCUT2D eigenvalue weighted by atomic mass is 35.5. The molecule has 25 heavy (non-hydrogen) atoms. The van der Waals surface area contributed by atoms with E-state index in [9.17, 15) is 9.59 Å². The van der Waals surface area contributed by atoms with Crippen molar-refractivity contribution in [3.63, 3.8) is 0 Å². The van der Waals surface area contributed by atoms with E-state index in [0.717, 1.165) is 0 Å². The maximum atomic E-state index is 12.4. The standard InChI is InChI=1S/C18H19ClN2O4/c1-11-8-21(9-12(2)25-11)17(22)10-24-18(23)14-7-16(19)20-15-6-4-3-5-13(14)15/h3-7,11-12H,8-10H2,1-2H3/t11-,12-/m1/s1. The number of amides is 1. The summed E-state index contributed by atoms with van der Waals surface area (Å²) in [5.74, 6) is -0.831. The van der Waals surface area contributed by atoms with Gasteiger partial charge in [-0.3, -0.25) is 4.79 Å². The summed E-state index contributed by atoms with van der Waals surface area (Å²) in [6.07, 6.45) is -0.0716. The van der Waals surface area contributed by atoms with E-state index in [2.05, 4.69) is 4.98 Å². The second-order valence-electron chi connectivity index (χ2n) is 6.14. The van der Waals surface area contributed by atoms with Gasteiger partial charge in [0.2, 0.25) is 0 Å². The van der Waals surface area contributed by atoms with Crippen molar-refractivity contribution in [1.82, 2.24) is 9.88 Å². The zero-order valence-corrected chi connectivity index (χ0v) is 14.8. The van der Waals surface area contributed by atoms with Gasteiger partial charge in [-0.1, -0.05) is 29.8 Å². The number of ether oxygens (including phenoxy) is 2. The Balaban J connectivity index is 1.70. The van der Waals surface area contributed by atoms with E-state index in [4.69, 9.17) is 21.1 Å². The van der Waals surface area contributed by atoms with Gasteiger partial charge in [-0.2, -0.15) is 0 Å². The first-order valence-electron chi connectivity index (χ1n) is 8.09. The first kappa shape index (κ1) is 17.6. The van der Waals surface area contributed by atoms with Crippen LogP contribution in [0.4, 0.5) is 0 Å². The number of nitrogens with zero attached hydrogens (tertiary/aromatic N) is 2. The number of carbonyl (C=O) groups excluding carboxylic acids is 2. The third-order valence-electron chi connectivity index (χ3n) is 4.00. The van der Waals surface area contributed by atoms with Crippen molar-refractivity contribution in [3.05, 3.63) is 41.0 Å². The van der Waals surface area contributed by atoms with Gasteiger partial charge in [-0.15, -0.1) is 0 Å². The quantitative estimate of drug-likeness (QED) is 0.620. The number of para-hydroxylation sites is 1. The van der Waals surface area contributed by atoms with Crippen molar-refractivity contribution < 1.29 is 19.1 Å². The van der Waals surface area contributed by atoms with Crippen LogP contribution in [-0.2, 0) is 14.3 Å². The minimum atomic E-state index is -0.594. The van der Waals surface area contributed by atoms with Gasteiger partial charge in [0, 0.05) is 18.5 Å². The van der Waals surface area contributed by atoms with Crippen LogP contribution in [0.1, 0.15) is 24.2 Å². The van der Waals surface area contributed by atoms with Crippen LogP contribution in [0.15, 0.2) is 30.3 Å². The smallest absolute Gasteiger partial charge is 0.339 e. The molecule has 2 atom stereocenters. The molecule has 6 nitrogen and oxygen atoms in total. The number of esters is 1. The van der Waals surface area contributed by atoms with E-state index in [1.165, 1.54) is 6.07 Å². The van der Waals surface area contributed by atoms with E-state index in [-0.39, 0.29) is 29.9 Å². The minimum Gasteiger partial charge on any atom is -0.452 e. The maximum absolute atomic E-state index is 12.4. The number of aromatic nitrogens is 1. The molecule has 0 unspecified atom stereocenters. The van der Waals surface area contributed by atoms with Crippen LogP contribution in [-0.4, -0.2) is 53.7 Å². The van der Waals surface area contributed by atoms with Crippen LogP contribution >= 0.6 is 11.6 Å². The fourth-order valence-corrected chi connectivity index (χ4v) is 3.19. The lowest BCUT2D eigenvalue weighted by molar-refractivity contribution is -0.146. The number of halogens is 1. The van der Waals surface area contributed by atoms with Crippen molar-refractivity contribution in [2.75, 3.05) is 19.7 Å². The summed E-state index contributed by atoms with van der Waals surface area (Å²) in [6.45, 7) is 4.49. The lowest BCUT2D eigenvalue weighted by Crippen LogP contribution is -2.49. The maximum Gasteiger partial charge on any atom is 0.339 e. The Morgan fingerprint density at radius 1 is 1.28 bits per heavy atom. The molecule has 132 valence electrons. The molecule has 1 aromatic heterocycles. The van der Waals surface area contributed by atoms with Gasteiger partial charge in [0.15, 0.2) is 6.61 Å². The van der Waals surface area contributed by atoms with E-state index >= 15 is 0 Å². The van der Waals surface area contributed by atoms with Crippen LogP contribution in [0.25, 0.3) is 10.9 Å². The predicted octanol–water partition coefficient (Wildman–Crippen LogP) is 2.68. The highest BCUT2D eigenvalue weighted by Gasteiger charge is 2.26. The van der Waals surface area contributed by atoms with E-state index in [0.29, 0.717) is 29.6 Å². The SMILES string of the molecule is C[C@@H]1CN(C(=O)COC(=O)c2cc(Cl)nc3ccccc23)C[C@@H](C)O1. The molecule has 3 rings (SSSR count). The highest BCUT2D eigenvalue weighted by Crippen LogP contribution is 2.21. The number of morpholine rings is 1. The molecular formula is C18H19ClN2O4. The fraction of sp³-hybridized carbons (Fsp3) is 0.389. The molecule has 0 aliphatic carbocycles. The van der Waals surface area contributed by atoms with Crippen molar-refractivity contribution in [2.45, 2.75) is 26.1 Å². The van der Waals surface area contributed by atoms with Crippen LogP contribution in [0.3, 0.4) is 0 Å². The molecule has 1 aromatic carbocycles. The highest BCUT2D eigenvalue weighted by molar-refractivity contribution is 6.30. The summed E-state index contributed by atoms with van der Waals surface area (Å²) in [4.78, 5) is 30.6. The van der Waals surface area contributed by atoms with Crippen LogP contribution < -0.4 is 0 Å². The van der Waals surface area contributed by atoms with Crippen molar-refractivity contribution >= 4 is 34.4 Å². The average Bonchev–Trinajstić information content (AvgIpc) is 2.57. The Labute approximate surface area is 150 Å². The number of hydrogen-bond acceptors (Lipinski definition) is 5. The van der Waals surface area contributed by atoms with Gasteiger partial charge < -0.3 is 14.4 Å². The average molecular weight is 363 g/mol. The summed E-state index contributed by atoms with van der Waals surface area (Å²) in [7, 11) is 0. The number of carbonyl (C=O) groups is 2. The van der Waals surface area contributed by atoms with Crippen LogP contribution in [0, 0.1) is 0 Å². The molecule has 0 bridgehead atoms. The zero-order chi connectivity index (χ0) is 18.0. The van der Waals surface area contributed by atoms with Gasteiger partial charge in [0.1, 0.15) is 5.15 Å². The molecule has 2 heterocycles. The Kier molecular flexibility index (Phi) is 5.20. The van der Waals surface area contributed by atoms with E-state index < -0.39 is 5.97 Å². The number of fused-ring (bicyclic) bond motifs is 1. The molecule has 1 amide bonds. The van der Waals surface area contributed by atoms with E-state index in [1.54, 1.807) is 23.1 Å². The monoisotopic (exact) mass is 362 g/mol. The lowest BCUT2D eigenvalue weighted by atomic mass is 10.1. The van der Waals surface area contributed by atoms with E-state index in [1.807, 2.05) is 19.9 Å². The summed E-state index contributed by atoms with van der Waals surface area (Å²) < 4.78 is 10.8. The molecule has 0 spiro atoms. The molecule has 0 saturated carbocycles. The first-order valence-corrected chi connectivity index (χ1v) is 8.47. The van der Waals surface area contributed by atoms with Gasteiger partial charge >= 0.3 is 5.97 Å². The second kappa shape index (κ2) is 7.37. The molecule has 0 N–H and O–H groups in total. The van der Waals surface area contributed by atoms with Crippen LogP contribution in [0.5, 0.6) is 0 Å². The van der Waals surface area contributed by atoms with Crippen molar-refractivity contribution in [3.8, 4) is 0 Å². The Morgan fingerprint density at radius 3 is 2.68 bits per heavy atom. The summed E-state index contributed by atoms with van der Waals surface area (Å²) in [5.41, 5.74) is 0.899. The van der Waals surface area contributed by atoms with Crippen molar-refractivity contribution in [1.29, 1.82) is 0 Å². The molecule has 1 aliphatic heterocycles. The zero-order valence-electron chi connectivity index (χ0n) is 14.1. The summed E-state index contributed by atoms with van der Waals surface area (Å²) in [6, 6.07) is 8.60. The largest absolute Gasteiger partial charge is 0.452 e. The Hall–Kier alpha value is -2.18. The minimum absolute atomic E-state index is 0.0358. The summed E-state index contributed by atoms with van der Waals surface area (Å²) in [5, 5.41) is 0.839. The number of pyridine rings is 1. The molecule has 0 radical (unpaired) electrons. The summed E-state index contributed by atoms with van der Waals surface area (Å²) >= 11 is 5.98. The molecule has 7 heteroatoms. The number of benzene rings is 1. The van der Waals surface area contributed by atoms with Gasteiger partial charge in [0.25, 0.3) is 5.91 Å². The van der Waals surface area contributed by atoms with Gasteiger partial charge in [0.05, 0.1) is 23.3 Å². The van der Waals surface area contributed by atoms with Crippen molar-refractivity contribution in [2.24, 2.45) is 0 Å². The Bertz CT molecular complexity index is 801. The number of hydrogen-bond donors (Lipinski definition) is 0. The predicted molar refractivity (Wildman–Crippen MR) is 93.6 cm³/mol. The second-order valence-corrected chi connectivity index (χ2v) is 6.53. The molecular weight excluding hydrogens is 344 g/mol. The molecule has 1 saturated heterocycles. The van der Waals surface area contributed by atoms with Gasteiger partial charge in [-0.25, -0.2) is 9.78 Å². The Morgan fingerprint density at radius 2 is 1.96 bits per heavy atom. The molecule has 2 aromatic rings. The molecule has 1 aliphatic rings. The first-order chi connectivity index (χ1) is 11.9. The lowest BCUT2D eigenvalue weighted by Gasteiger charge is -2.35. The normalized spacial score (nSPS) is 20.5. The van der Waals surface area contributed by atoms with Crippen LogP contribution in [0.2, 0.25) is 5.15 Å². The van der Waals surface area contributed by atoms with Gasteiger partial charge in [-0.05, 0) is 26.0 Å². The third-order valence-corrected chi connectivity index (χ3v) is 4.20. The fourth-order valence-electron chi connectivity index (χ4n) is 2.99. The number of rotatable bonds is 3. The molecule has 1 fully saturated rings. The topological polar surface area (TPSA) is 68.7 Å². The third kappa shape index (κ3) is 4.08.